The van der Waals surface area contributed by atoms with Crippen LogP contribution in [-0.2, 0) is 0 Å². The number of carbonyl (C=O) groups excluding carboxylic acids is 1. The SMILES string of the molecule is COc1cc2c(cc1OC)C(=O)N[C@@H](c1ccc(N3CCCCCC3)cc1)N2. The summed E-state index contributed by atoms with van der Waals surface area (Å²) in [6, 6.07) is 12.0. The van der Waals surface area contributed by atoms with E-state index in [1.807, 2.05) is 6.07 Å². The molecule has 6 heteroatoms. The number of hydrogen-bond acceptors (Lipinski definition) is 5. The summed E-state index contributed by atoms with van der Waals surface area (Å²) in [5.41, 5.74) is 3.56. The summed E-state index contributed by atoms with van der Waals surface area (Å²) in [4.78, 5) is 15.1. The highest BCUT2D eigenvalue weighted by Crippen LogP contribution is 2.37. The van der Waals surface area contributed by atoms with Crippen LogP contribution in [0, 0.1) is 0 Å². The van der Waals surface area contributed by atoms with Crippen LogP contribution in [0.3, 0.4) is 0 Å². The van der Waals surface area contributed by atoms with E-state index in [-0.39, 0.29) is 12.1 Å². The normalized spacial score (nSPS) is 19.1. The molecule has 1 amide bonds. The lowest BCUT2D eigenvalue weighted by Crippen LogP contribution is -2.38. The quantitative estimate of drug-likeness (QED) is 0.840. The van der Waals surface area contributed by atoms with E-state index in [9.17, 15) is 4.79 Å². The average Bonchev–Trinajstić information content (AvgIpc) is 3.02. The Morgan fingerprint density at radius 1 is 0.893 bits per heavy atom. The average molecular weight is 381 g/mol. The van der Waals surface area contributed by atoms with Crippen LogP contribution in [0.4, 0.5) is 11.4 Å². The molecule has 0 spiro atoms. The second kappa shape index (κ2) is 8.00. The van der Waals surface area contributed by atoms with Gasteiger partial charge in [-0.15, -0.1) is 0 Å². The van der Waals surface area contributed by atoms with Gasteiger partial charge in [0.1, 0.15) is 6.17 Å². The topological polar surface area (TPSA) is 62.8 Å². The maximum Gasteiger partial charge on any atom is 0.255 e. The number of methoxy groups -OCH3 is 2. The Labute approximate surface area is 165 Å². The van der Waals surface area contributed by atoms with E-state index in [0.717, 1.165) is 24.3 Å². The molecule has 6 nitrogen and oxygen atoms in total. The fourth-order valence-corrected chi connectivity index (χ4v) is 3.96. The molecule has 2 aliphatic heterocycles. The number of nitrogens with zero attached hydrogens (tertiary/aromatic N) is 1. The molecule has 0 bridgehead atoms. The number of fused-ring (bicyclic) bond motifs is 1. The Balaban J connectivity index is 1.55. The Morgan fingerprint density at radius 3 is 2.18 bits per heavy atom. The van der Waals surface area contributed by atoms with Crippen molar-refractivity contribution in [1.29, 1.82) is 0 Å². The first-order valence-corrected chi connectivity index (χ1v) is 9.88. The molecular weight excluding hydrogens is 354 g/mol. The van der Waals surface area contributed by atoms with Gasteiger partial charge in [0, 0.05) is 24.8 Å². The van der Waals surface area contributed by atoms with E-state index in [2.05, 4.69) is 39.8 Å². The van der Waals surface area contributed by atoms with Crippen molar-refractivity contribution in [1.82, 2.24) is 5.32 Å². The fourth-order valence-electron chi connectivity index (χ4n) is 3.96. The summed E-state index contributed by atoms with van der Waals surface area (Å²) < 4.78 is 10.7. The zero-order valence-electron chi connectivity index (χ0n) is 16.5. The van der Waals surface area contributed by atoms with Crippen molar-refractivity contribution in [2.24, 2.45) is 0 Å². The molecule has 1 atom stereocenters. The smallest absolute Gasteiger partial charge is 0.255 e. The van der Waals surface area contributed by atoms with Crippen molar-refractivity contribution in [2.75, 3.05) is 37.5 Å². The monoisotopic (exact) mass is 381 g/mol. The molecule has 0 aliphatic carbocycles. The number of amides is 1. The van der Waals surface area contributed by atoms with Crippen LogP contribution in [0.2, 0.25) is 0 Å². The molecule has 2 heterocycles. The zero-order valence-corrected chi connectivity index (χ0v) is 16.5. The van der Waals surface area contributed by atoms with Gasteiger partial charge in [0.05, 0.1) is 25.5 Å². The van der Waals surface area contributed by atoms with E-state index in [0.29, 0.717) is 17.1 Å². The molecule has 1 fully saturated rings. The van der Waals surface area contributed by atoms with Crippen molar-refractivity contribution in [3.8, 4) is 11.5 Å². The zero-order chi connectivity index (χ0) is 19.5. The highest BCUT2D eigenvalue weighted by Gasteiger charge is 2.27. The van der Waals surface area contributed by atoms with E-state index < -0.39 is 0 Å². The second-order valence-electron chi connectivity index (χ2n) is 7.30. The number of hydrogen-bond donors (Lipinski definition) is 2. The largest absolute Gasteiger partial charge is 0.493 e. The lowest BCUT2D eigenvalue weighted by molar-refractivity contribution is 0.0935. The van der Waals surface area contributed by atoms with E-state index in [1.165, 1.54) is 31.4 Å². The van der Waals surface area contributed by atoms with Crippen molar-refractivity contribution >= 4 is 17.3 Å². The van der Waals surface area contributed by atoms with Gasteiger partial charge in [-0.25, -0.2) is 0 Å². The van der Waals surface area contributed by atoms with Crippen LogP contribution in [0.25, 0.3) is 0 Å². The highest BCUT2D eigenvalue weighted by molar-refractivity contribution is 6.02. The van der Waals surface area contributed by atoms with Crippen molar-refractivity contribution in [3.63, 3.8) is 0 Å². The molecular formula is C22H27N3O3. The first-order valence-electron chi connectivity index (χ1n) is 9.88. The van der Waals surface area contributed by atoms with Crippen LogP contribution >= 0.6 is 0 Å². The van der Waals surface area contributed by atoms with Crippen molar-refractivity contribution in [3.05, 3.63) is 47.5 Å². The molecule has 0 aromatic heterocycles. The fraction of sp³-hybridized carbons (Fsp3) is 0.409. The minimum atomic E-state index is -0.281. The number of anilines is 2. The molecule has 2 aromatic carbocycles. The van der Waals surface area contributed by atoms with E-state index in [1.54, 1.807) is 20.3 Å². The molecule has 4 rings (SSSR count). The summed E-state index contributed by atoms with van der Waals surface area (Å²) in [5.74, 6) is 1.01. The maximum atomic E-state index is 12.6. The molecule has 2 aromatic rings. The second-order valence-corrected chi connectivity index (χ2v) is 7.30. The molecule has 0 radical (unpaired) electrons. The van der Waals surface area contributed by atoms with Gasteiger partial charge in [0.2, 0.25) is 0 Å². The maximum absolute atomic E-state index is 12.6. The van der Waals surface area contributed by atoms with Gasteiger partial charge in [0.15, 0.2) is 11.5 Å². The van der Waals surface area contributed by atoms with Crippen molar-refractivity contribution in [2.45, 2.75) is 31.8 Å². The number of rotatable bonds is 4. The van der Waals surface area contributed by atoms with Gasteiger partial charge in [-0.3, -0.25) is 4.79 Å². The molecule has 2 N–H and O–H groups in total. The molecule has 148 valence electrons. The Kier molecular flexibility index (Phi) is 5.28. The van der Waals surface area contributed by atoms with Gasteiger partial charge < -0.3 is 25.0 Å². The first kappa shape index (κ1) is 18.5. The Morgan fingerprint density at radius 2 is 1.54 bits per heavy atom. The molecule has 2 aliphatic rings. The van der Waals surface area contributed by atoms with Crippen LogP contribution < -0.4 is 25.0 Å². The van der Waals surface area contributed by atoms with Crippen molar-refractivity contribution < 1.29 is 14.3 Å². The molecule has 28 heavy (non-hydrogen) atoms. The van der Waals surface area contributed by atoms with Crippen LogP contribution in [0.5, 0.6) is 11.5 Å². The molecule has 1 saturated heterocycles. The van der Waals surface area contributed by atoms with Gasteiger partial charge in [-0.2, -0.15) is 0 Å². The summed E-state index contributed by atoms with van der Waals surface area (Å²) in [7, 11) is 3.15. The number of carbonyl (C=O) groups is 1. The summed E-state index contributed by atoms with van der Waals surface area (Å²) in [6.45, 7) is 2.24. The highest BCUT2D eigenvalue weighted by atomic mass is 16.5. The predicted molar refractivity (Wildman–Crippen MR) is 110 cm³/mol. The van der Waals surface area contributed by atoms with E-state index >= 15 is 0 Å². The van der Waals surface area contributed by atoms with Gasteiger partial charge >= 0.3 is 0 Å². The third kappa shape index (κ3) is 3.59. The Bertz CT molecular complexity index is 843. The third-order valence-corrected chi connectivity index (χ3v) is 5.54. The summed E-state index contributed by atoms with van der Waals surface area (Å²) >= 11 is 0. The first-order chi connectivity index (χ1) is 13.7. The van der Waals surface area contributed by atoms with Crippen LogP contribution in [-0.4, -0.2) is 33.2 Å². The Hall–Kier alpha value is -2.89. The standard InChI is InChI=1S/C22H27N3O3/c1-27-19-13-17-18(14-20(19)28-2)23-21(24-22(17)26)15-7-9-16(10-8-15)25-11-5-3-4-6-12-25/h7-10,13-14,21,23H,3-6,11-12H2,1-2H3,(H,24,26)/t21-/m0/s1. The molecule has 0 saturated carbocycles. The van der Waals surface area contributed by atoms with Crippen LogP contribution in [0.1, 0.15) is 47.8 Å². The number of benzene rings is 2. The predicted octanol–water partition coefficient (Wildman–Crippen LogP) is 3.94. The van der Waals surface area contributed by atoms with Gasteiger partial charge in [-0.05, 0) is 36.6 Å². The molecule has 0 unspecified atom stereocenters. The summed E-state index contributed by atoms with van der Waals surface area (Å²) in [5, 5.41) is 6.42. The summed E-state index contributed by atoms with van der Waals surface area (Å²) in [6.07, 6.45) is 4.87. The third-order valence-electron chi connectivity index (χ3n) is 5.54. The minimum Gasteiger partial charge on any atom is -0.493 e. The van der Waals surface area contributed by atoms with Gasteiger partial charge in [-0.1, -0.05) is 25.0 Å². The van der Waals surface area contributed by atoms with Gasteiger partial charge in [0.25, 0.3) is 5.91 Å². The minimum absolute atomic E-state index is 0.128. The number of nitrogens with one attached hydrogen (secondary N) is 2. The lowest BCUT2D eigenvalue weighted by atomic mass is 10.0. The van der Waals surface area contributed by atoms with E-state index in [4.69, 9.17) is 9.47 Å². The van der Waals surface area contributed by atoms with Crippen LogP contribution in [0.15, 0.2) is 36.4 Å². The number of ether oxygens (including phenoxy) is 2. The lowest BCUT2D eigenvalue weighted by Gasteiger charge is -2.29.